The molecule has 2 aromatic carbocycles. The lowest BCUT2D eigenvalue weighted by Gasteiger charge is -2.53. The van der Waals surface area contributed by atoms with Gasteiger partial charge in [-0.15, -0.1) is 24.4 Å². The second kappa shape index (κ2) is 10.5. The molecule has 3 aliphatic rings. The van der Waals surface area contributed by atoms with Crippen LogP contribution in [0.15, 0.2) is 77.5 Å². The average Bonchev–Trinajstić information content (AvgIpc) is 3.51. The molecule has 0 spiro atoms. The number of nitrogens with zero attached hydrogens (tertiary/aromatic N) is 4. The van der Waals surface area contributed by atoms with Crippen molar-refractivity contribution in [2.45, 2.75) is 24.4 Å². The second-order valence-corrected chi connectivity index (χ2v) is 11.3. The number of aromatic amines is 1. The summed E-state index contributed by atoms with van der Waals surface area (Å²) < 4.78 is 0. The fraction of sp³-hybridized carbons (Fsp3) is 0.250. The Balaban J connectivity index is 1.24. The van der Waals surface area contributed by atoms with E-state index in [0.29, 0.717) is 47.9 Å². The molecule has 0 saturated carbocycles. The summed E-state index contributed by atoms with van der Waals surface area (Å²) in [4.78, 5) is 63.3. The first kappa shape index (κ1) is 26.2. The molecule has 6 rings (SSSR count). The van der Waals surface area contributed by atoms with Crippen LogP contribution in [0.4, 0.5) is 5.69 Å². The molecule has 2 N–H and O–H groups in total. The normalized spacial score (nSPS) is 21.7. The molecule has 4 heterocycles. The van der Waals surface area contributed by atoms with E-state index in [9.17, 15) is 24.3 Å². The SMILES string of the molecule is O=C(S)CN(c1ccccc1)[C@@H]1C(=O)N2C(C(=O)O)=C(/C=C3\CCN(Cc4nc5ccccc5[nH]4)C3=O)CS[C@H]12. The number of carbonyl (C=O) groups excluding carboxylic acids is 3. The summed E-state index contributed by atoms with van der Waals surface area (Å²) in [6.07, 6.45) is 2.09. The van der Waals surface area contributed by atoms with Crippen molar-refractivity contribution in [1.29, 1.82) is 0 Å². The van der Waals surface area contributed by atoms with E-state index >= 15 is 0 Å². The Bertz CT molecular complexity index is 1570. The lowest BCUT2D eigenvalue weighted by Crippen LogP contribution is -2.71. The molecule has 10 nitrogen and oxygen atoms in total. The van der Waals surface area contributed by atoms with Crippen molar-refractivity contribution in [3.05, 3.63) is 83.3 Å². The van der Waals surface area contributed by atoms with Gasteiger partial charge in [0.05, 0.1) is 24.1 Å². The monoisotopic (exact) mass is 575 g/mol. The zero-order valence-corrected chi connectivity index (χ0v) is 22.9. The summed E-state index contributed by atoms with van der Waals surface area (Å²) in [7, 11) is 0. The number of carboxylic acids is 1. The lowest BCUT2D eigenvalue weighted by atomic mass is 9.99. The Hall–Kier alpha value is -4.03. The van der Waals surface area contributed by atoms with Crippen LogP contribution in [0.5, 0.6) is 0 Å². The molecule has 12 heteroatoms. The molecule has 0 bridgehead atoms. The number of hydrogen-bond acceptors (Lipinski definition) is 7. The summed E-state index contributed by atoms with van der Waals surface area (Å²) in [6.45, 7) is 0.715. The second-order valence-electron chi connectivity index (χ2n) is 9.74. The number of likely N-dealkylation sites (tertiary alicyclic amines) is 1. The number of nitrogens with one attached hydrogen (secondary N) is 1. The van der Waals surface area contributed by atoms with Gasteiger partial charge in [-0.1, -0.05) is 30.3 Å². The highest BCUT2D eigenvalue weighted by atomic mass is 32.2. The summed E-state index contributed by atoms with van der Waals surface area (Å²) in [5.41, 5.74) is 3.20. The van der Waals surface area contributed by atoms with Crippen LogP contribution < -0.4 is 4.90 Å². The van der Waals surface area contributed by atoms with Gasteiger partial charge in [-0.05, 0) is 42.3 Å². The van der Waals surface area contributed by atoms with E-state index in [0.717, 1.165) is 11.0 Å². The largest absolute Gasteiger partial charge is 0.477 e. The number of benzene rings is 2. The third-order valence-corrected chi connectivity index (χ3v) is 8.67. The van der Waals surface area contributed by atoms with E-state index in [-0.39, 0.29) is 18.1 Å². The Kier molecular flexibility index (Phi) is 6.88. The Labute approximate surface area is 239 Å². The smallest absolute Gasteiger partial charge is 0.352 e. The van der Waals surface area contributed by atoms with Gasteiger partial charge in [0.1, 0.15) is 22.9 Å². The average molecular weight is 576 g/mol. The minimum absolute atomic E-state index is 0.0903. The number of rotatable bonds is 8. The van der Waals surface area contributed by atoms with E-state index < -0.39 is 28.4 Å². The summed E-state index contributed by atoms with van der Waals surface area (Å²) in [5.74, 6) is -0.833. The van der Waals surface area contributed by atoms with Gasteiger partial charge in [-0.2, -0.15) is 0 Å². The van der Waals surface area contributed by atoms with E-state index in [2.05, 4.69) is 22.6 Å². The maximum Gasteiger partial charge on any atom is 0.352 e. The number of aliphatic carboxylic acids is 1. The molecule has 3 aliphatic heterocycles. The van der Waals surface area contributed by atoms with Crippen molar-refractivity contribution in [2.24, 2.45) is 0 Å². The predicted molar refractivity (Wildman–Crippen MR) is 154 cm³/mol. The fourth-order valence-corrected chi connectivity index (χ4v) is 6.95. The van der Waals surface area contributed by atoms with Crippen LogP contribution in [0.2, 0.25) is 0 Å². The van der Waals surface area contributed by atoms with Crippen LogP contribution in [0, 0.1) is 0 Å². The number of fused-ring (bicyclic) bond motifs is 2. The van der Waals surface area contributed by atoms with Crippen LogP contribution in [0.25, 0.3) is 11.0 Å². The number of carbonyl (C=O) groups is 4. The highest BCUT2D eigenvalue weighted by molar-refractivity contribution is 8.00. The van der Waals surface area contributed by atoms with Gasteiger partial charge in [0, 0.05) is 23.6 Å². The first-order chi connectivity index (χ1) is 19.3. The van der Waals surface area contributed by atoms with Crippen molar-refractivity contribution in [3.8, 4) is 0 Å². The number of hydrogen-bond donors (Lipinski definition) is 3. The summed E-state index contributed by atoms with van der Waals surface area (Å²) in [5, 5.41) is 9.22. The molecule has 0 unspecified atom stereocenters. The number of carboxylic acid groups (broad SMARTS) is 1. The van der Waals surface area contributed by atoms with Crippen LogP contribution in [0.3, 0.4) is 0 Å². The van der Waals surface area contributed by atoms with Gasteiger partial charge in [-0.3, -0.25) is 19.3 Å². The Morgan fingerprint density at radius 1 is 1.15 bits per heavy atom. The first-order valence-corrected chi connectivity index (χ1v) is 14.2. The highest BCUT2D eigenvalue weighted by Crippen LogP contribution is 2.44. The van der Waals surface area contributed by atoms with Gasteiger partial charge < -0.3 is 19.9 Å². The number of anilines is 1. The van der Waals surface area contributed by atoms with E-state index in [1.54, 1.807) is 28.0 Å². The lowest BCUT2D eigenvalue weighted by molar-refractivity contribution is -0.148. The quantitative estimate of drug-likeness (QED) is 0.213. The number of thiol groups is 1. The maximum atomic E-state index is 13.4. The molecule has 0 radical (unpaired) electrons. The van der Waals surface area contributed by atoms with Crippen molar-refractivity contribution in [3.63, 3.8) is 0 Å². The number of β-lactam (4-membered cyclic amide) rings is 1. The third-order valence-electron chi connectivity index (χ3n) is 7.24. The molecule has 2 atom stereocenters. The van der Waals surface area contributed by atoms with E-state index in [1.807, 2.05) is 42.5 Å². The van der Waals surface area contributed by atoms with Crippen LogP contribution in [-0.2, 0) is 25.7 Å². The third kappa shape index (κ3) is 4.66. The zero-order chi connectivity index (χ0) is 28.0. The topological polar surface area (TPSA) is 127 Å². The van der Waals surface area contributed by atoms with Crippen LogP contribution in [-0.4, -0.2) is 78.0 Å². The van der Waals surface area contributed by atoms with Crippen molar-refractivity contribution >= 4 is 64.0 Å². The van der Waals surface area contributed by atoms with Gasteiger partial charge in [0.15, 0.2) is 0 Å². The molecule has 2 fully saturated rings. The zero-order valence-electron chi connectivity index (χ0n) is 21.2. The van der Waals surface area contributed by atoms with Crippen molar-refractivity contribution < 1.29 is 24.3 Å². The first-order valence-electron chi connectivity index (χ1n) is 12.7. The fourth-order valence-electron chi connectivity index (χ4n) is 5.43. The van der Waals surface area contributed by atoms with Crippen LogP contribution >= 0.6 is 24.4 Å². The van der Waals surface area contributed by atoms with Crippen LogP contribution in [0.1, 0.15) is 12.2 Å². The minimum Gasteiger partial charge on any atom is -0.477 e. The summed E-state index contributed by atoms with van der Waals surface area (Å²) in [6, 6.07) is 16.0. The predicted octanol–water partition coefficient (Wildman–Crippen LogP) is 2.81. The number of thioether (sulfide) groups is 1. The Morgan fingerprint density at radius 2 is 1.90 bits per heavy atom. The number of allylic oxidation sites excluding steroid dienone is 1. The molecule has 2 saturated heterocycles. The number of aromatic nitrogens is 2. The van der Waals surface area contributed by atoms with Gasteiger partial charge in [-0.25, -0.2) is 9.78 Å². The van der Waals surface area contributed by atoms with Crippen molar-refractivity contribution in [1.82, 2.24) is 19.8 Å². The maximum absolute atomic E-state index is 13.4. The van der Waals surface area contributed by atoms with E-state index in [1.165, 1.54) is 16.7 Å². The molecule has 0 aliphatic carbocycles. The van der Waals surface area contributed by atoms with Gasteiger partial charge in [0.25, 0.3) is 5.91 Å². The molecule has 2 amide bonds. The molecular formula is C28H25N5O5S2. The Morgan fingerprint density at radius 3 is 2.62 bits per heavy atom. The number of amides is 2. The summed E-state index contributed by atoms with van der Waals surface area (Å²) >= 11 is 5.33. The molecule has 204 valence electrons. The molecule has 40 heavy (non-hydrogen) atoms. The van der Waals surface area contributed by atoms with Gasteiger partial charge in [0.2, 0.25) is 11.0 Å². The molecule has 3 aromatic rings. The van der Waals surface area contributed by atoms with Crippen molar-refractivity contribution in [2.75, 3.05) is 23.7 Å². The van der Waals surface area contributed by atoms with Gasteiger partial charge >= 0.3 is 5.97 Å². The minimum atomic E-state index is -1.23. The number of para-hydroxylation sites is 3. The molecular weight excluding hydrogens is 550 g/mol. The number of H-pyrrole nitrogens is 1. The molecule has 1 aromatic heterocycles. The highest BCUT2D eigenvalue weighted by Gasteiger charge is 2.56. The number of imidazole rings is 1. The van der Waals surface area contributed by atoms with E-state index in [4.69, 9.17) is 0 Å². The standard InChI is InChI=1S/C28H25N5O5S2/c34-22(39)14-32(18-6-2-1-3-7-18)24-26(36)33-23(28(37)38)17(15-40-27(24)33)12-16-10-11-31(25(16)35)13-21-29-19-8-4-5-9-20(19)30-21/h1-9,12,24,27H,10-11,13-15H2,(H,29,30)(H,34,39)(H,37,38)/b16-12+/t24-,27-/m1/s1.